The van der Waals surface area contributed by atoms with E-state index in [0.29, 0.717) is 12.0 Å². The average Bonchev–Trinajstić information content (AvgIpc) is 2.61. The van der Waals surface area contributed by atoms with E-state index in [1.807, 2.05) is 0 Å². The minimum atomic E-state index is -4.41. The SMILES string of the molecule is O=c1c([N+](=O)[O-])c(NCCc2ccc(C(F)(F)F)cc2)nc2ccccn12. The molecule has 140 valence electrons. The zero-order valence-electron chi connectivity index (χ0n) is 13.7. The Morgan fingerprint density at radius 1 is 1.15 bits per heavy atom. The van der Waals surface area contributed by atoms with Gasteiger partial charge in [0.05, 0.1) is 10.5 Å². The van der Waals surface area contributed by atoms with Gasteiger partial charge in [-0.3, -0.25) is 19.3 Å². The smallest absolute Gasteiger partial charge is 0.364 e. The van der Waals surface area contributed by atoms with Crippen molar-refractivity contribution in [1.29, 1.82) is 0 Å². The maximum atomic E-state index is 12.6. The van der Waals surface area contributed by atoms with Crippen LogP contribution < -0.4 is 10.9 Å². The zero-order valence-corrected chi connectivity index (χ0v) is 13.7. The van der Waals surface area contributed by atoms with Crippen LogP contribution in [0.1, 0.15) is 11.1 Å². The van der Waals surface area contributed by atoms with Crippen molar-refractivity contribution < 1.29 is 18.1 Å². The largest absolute Gasteiger partial charge is 0.416 e. The number of nitrogens with one attached hydrogen (secondary N) is 1. The molecule has 0 aliphatic heterocycles. The summed E-state index contributed by atoms with van der Waals surface area (Å²) in [5.74, 6) is -0.178. The van der Waals surface area contributed by atoms with E-state index >= 15 is 0 Å². The van der Waals surface area contributed by atoms with Crippen molar-refractivity contribution in [2.75, 3.05) is 11.9 Å². The van der Waals surface area contributed by atoms with Gasteiger partial charge < -0.3 is 5.32 Å². The highest BCUT2D eigenvalue weighted by molar-refractivity contribution is 5.59. The number of rotatable bonds is 5. The molecular weight excluding hydrogens is 365 g/mol. The Labute approximate surface area is 150 Å². The predicted octanol–water partition coefficient (Wildman–Crippen LogP) is 3.28. The molecule has 1 aromatic carbocycles. The van der Waals surface area contributed by atoms with Crippen LogP contribution in [-0.4, -0.2) is 20.9 Å². The number of pyridine rings is 1. The van der Waals surface area contributed by atoms with Gasteiger partial charge in [-0.05, 0) is 36.2 Å². The Morgan fingerprint density at radius 2 is 1.85 bits per heavy atom. The van der Waals surface area contributed by atoms with E-state index in [1.165, 1.54) is 24.4 Å². The van der Waals surface area contributed by atoms with Crippen molar-refractivity contribution in [3.63, 3.8) is 0 Å². The normalized spacial score (nSPS) is 11.5. The zero-order chi connectivity index (χ0) is 19.6. The minimum Gasteiger partial charge on any atom is -0.364 e. The van der Waals surface area contributed by atoms with E-state index < -0.39 is 27.9 Å². The van der Waals surface area contributed by atoms with E-state index in [2.05, 4.69) is 10.3 Å². The standard InChI is InChI=1S/C17H13F3N4O3/c18-17(19,20)12-6-4-11(5-7-12)8-9-21-15-14(24(26)27)16(25)23-10-2-1-3-13(23)22-15/h1-7,10,21H,8-9H2. The summed E-state index contributed by atoms with van der Waals surface area (Å²) in [5.41, 5.74) is -1.41. The summed E-state index contributed by atoms with van der Waals surface area (Å²) in [4.78, 5) is 26.8. The second kappa shape index (κ2) is 7.06. The van der Waals surface area contributed by atoms with E-state index in [4.69, 9.17) is 0 Å². The van der Waals surface area contributed by atoms with Crippen molar-refractivity contribution >= 4 is 17.2 Å². The first-order valence-electron chi connectivity index (χ1n) is 7.83. The predicted molar refractivity (Wildman–Crippen MR) is 91.8 cm³/mol. The molecule has 27 heavy (non-hydrogen) atoms. The van der Waals surface area contributed by atoms with Gasteiger partial charge in [-0.15, -0.1) is 0 Å². The van der Waals surface area contributed by atoms with Crippen LogP contribution in [0.4, 0.5) is 24.7 Å². The van der Waals surface area contributed by atoms with Crippen LogP contribution in [0, 0.1) is 10.1 Å². The van der Waals surface area contributed by atoms with E-state index in [-0.39, 0.29) is 18.0 Å². The molecule has 0 saturated heterocycles. The van der Waals surface area contributed by atoms with Crippen molar-refractivity contribution in [1.82, 2.24) is 9.38 Å². The fraction of sp³-hybridized carbons (Fsp3) is 0.176. The highest BCUT2D eigenvalue weighted by atomic mass is 19.4. The average molecular weight is 378 g/mol. The Morgan fingerprint density at radius 3 is 2.48 bits per heavy atom. The number of nitrogens with zero attached hydrogens (tertiary/aromatic N) is 3. The lowest BCUT2D eigenvalue weighted by atomic mass is 10.1. The van der Waals surface area contributed by atoms with Crippen LogP contribution in [0.25, 0.3) is 5.65 Å². The Kier molecular flexibility index (Phi) is 4.80. The third-order valence-electron chi connectivity index (χ3n) is 3.88. The lowest BCUT2D eigenvalue weighted by molar-refractivity contribution is -0.385. The second-order valence-electron chi connectivity index (χ2n) is 5.67. The van der Waals surface area contributed by atoms with Crippen molar-refractivity contribution in [3.8, 4) is 0 Å². The summed E-state index contributed by atoms with van der Waals surface area (Å²) >= 11 is 0. The molecule has 0 atom stereocenters. The van der Waals surface area contributed by atoms with Crippen molar-refractivity contribution in [2.24, 2.45) is 0 Å². The third kappa shape index (κ3) is 3.89. The molecule has 7 nitrogen and oxygen atoms in total. The topological polar surface area (TPSA) is 89.5 Å². The molecule has 0 radical (unpaired) electrons. The van der Waals surface area contributed by atoms with Crippen LogP contribution in [0.3, 0.4) is 0 Å². The number of anilines is 1. The number of fused-ring (bicyclic) bond motifs is 1. The minimum absolute atomic E-state index is 0.154. The number of benzene rings is 1. The van der Waals surface area contributed by atoms with E-state index in [9.17, 15) is 28.1 Å². The molecule has 3 aromatic rings. The summed E-state index contributed by atoms with van der Waals surface area (Å²) < 4.78 is 38.8. The summed E-state index contributed by atoms with van der Waals surface area (Å²) in [6, 6.07) is 9.34. The fourth-order valence-electron chi connectivity index (χ4n) is 2.55. The quantitative estimate of drug-likeness (QED) is 0.544. The first kappa shape index (κ1) is 18.4. The van der Waals surface area contributed by atoms with Crippen LogP contribution in [-0.2, 0) is 12.6 Å². The molecule has 0 aliphatic carbocycles. The van der Waals surface area contributed by atoms with Gasteiger partial charge in [0, 0.05) is 12.7 Å². The van der Waals surface area contributed by atoms with Crippen LogP contribution >= 0.6 is 0 Å². The van der Waals surface area contributed by atoms with Crippen LogP contribution in [0.5, 0.6) is 0 Å². The molecule has 0 amide bonds. The van der Waals surface area contributed by atoms with Gasteiger partial charge in [0.2, 0.25) is 5.82 Å². The van der Waals surface area contributed by atoms with Gasteiger partial charge >= 0.3 is 17.4 Å². The number of alkyl halides is 3. The number of hydrogen-bond donors (Lipinski definition) is 1. The van der Waals surface area contributed by atoms with Gasteiger partial charge in [0.1, 0.15) is 5.65 Å². The Hall–Kier alpha value is -3.43. The number of hydrogen-bond acceptors (Lipinski definition) is 5. The van der Waals surface area contributed by atoms with Crippen LogP contribution in [0.15, 0.2) is 53.5 Å². The molecule has 0 fully saturated rings. The Bertz CT molecular complexity index is 1050. The first-order valence-corrected chi connectivity index (χ1v) is 7.83. The second-order valence-corrected chi connectivity index (χ2v) is 5.67. The lowest BCUT2D eigenvalue weighted by Crippen LogP contribution is -2.21. The molecule has 0 aliphatic rings. The molecule has 2 heterocycles. The highest BCUT2D eigenvalue weighted by Gasteiger charge is 2.30. The summed E-state index contributed by atoms with van der Waals surface area (Å²) in [7, 11) is 0. The monoisotopic (exact) mass is 378 g/mol. The van der Waals surface area contributed by atoms with Gasteiger partial charge in [-0.2, -0.15) is 13.2 Å². The lowest BCUT2D eigenvalue weighted by Gasteiger charge is -2.09. The number of aromatic nitrogens is 2. The van der Waals surface area contributed by atoms with E-state index in [0.717, 1.165) is 16.5 Å². The molecule has 2 aromatic heterocycles. The van der Waals surface area contributed by atoms with Gasteiger partial charge in [-0.25, -0.2) is 4.98 Å². The Balaban J connectivity index is 1.80. The van der Waals surface area contributed by atoms with E-state index in [1.54, 1.807) is 12.1 Å². The molecule has 0 spiro atoms. The molecule has 0 saturated carbocycles. The molecule has 0 bridgehead atoms. The third-order valence-corrected chi connectivity index (χ3v) is 3.88. The summed E-state index contributed by atoms with van der Waals surface area (Å²) in [5, 5.41) is 14.0. The van der Waals surface area contributed by atoms with Gasteiger partial charge in [0.25, 0.3) is 0 Å². The molecule has 1 N–H and O–H groups in total. The molecular formula is C17H13F3N4O3. The first-order chi connectivity index (χ1) is 12.8. The fourth-order valence-corrected chi connectivity index (χ4v) is 2.55. The molecule has 10 heteroatoms. The highest BCUT2D eigenvalue weighted by Crippen LogP contribution is 2.29. The van der Waals surface area contributed by atoms with Crippen molar-refractivity contribution in [2.45, 2.75) is 12.6 Å². The van der Waals surface area contributed by atoms with Crippen molar-refractivity contribution in [3.05, 3.63) is 80.3 Å². The van der Waals surface area contributed by atoms with Crippen LogP contribution in [0.2, 0.25) is 0 Å². The number of nitro groups is 1. The molecule has 0 unspecified atom stereocenters. The summed E-state index contributed by atoms with van der Waals surface area (Å²) in [6.07, 6.45) is -2.73. The number of halogens is 3. The maximum Gasteiger partial charge on any atom is 0.416 e. The van der Waals surface area contributed by atoms with Gasteiger partial charge in [-0.1, -0.05) is 18.2 Å². The summed E-state index contributed by atoms with van der Waals surface area (Å²) in [6.45, 7) is 0.154. The maximum absolute atomic E-state index is 12.6. The molecule has 3 rings (SSSR count). The van der Waals surface area contributed by atoms with Gasteiger partial charge in [0.15, 0.2) is 0 Å².